The fraction of sp³-hybridized carbons (Fsp3) is 0.700. The molecule has 6 heteroatoms. The lowest BCUT2D eigenvalue weighted by Crippen LogP contribution is -2.49. The molecule has 2 unspecified atom stereocenters. The van der Waals surface area contributed by atoms with Gasteiger partial charge in [-0.2, -0.15) is 0 Å². The third-order valence-corrected chi connectivity index (χ3v) is 6.39. The van der Waals surface area contributed by atoms with Crippen LogP contribution in [0.15, 0.2) is 18.3 Å². The molecule has 2 saturated carbocycles. The summed E-state index contributed by atoms with van der Waals surface area (Å²) in [4.78, 5) is 19.4. The molecular formula is C20H30N4O2. The molecule has 3 aliphatic rings. The van der Waals surface area contributed by atoms with Gasteiger partial charge in [0, 0.05) is 37.8 Å². The lowest BCUT2D eigenvalue weighted by atomic mass is 9.65. The van der Waals surface area contributed by atoms with Crippen molar-refractivity contribution in [2.75, 3.05) is 31.2 Å². The fourth-order valence-electron chi connectivity index (χ4n) is 4.84. The minimum Gasteiger partial charge on any atom is -0.378 e. The summed E-state index contributed by atoms with van der Waals surface area (Å²) in [6, 6.07) is 4.41. The van der Waals surface area contributed by atoms with Gasteiger partial charge in [-0.25, -0.2) is 4.98 Å². The molecule has 2 bridgehead atoms. The van der Waals surface area contributed by atoms with Gasteiger partial charge in [0.05, 0.1) is 13.2 Å². The SMILES string of the molecule is NC1C2CCCC1CC(C(=O)NCc1ccc(N3CCOCC3)nc1)C2. The first-order valence-electron chi connectivity index (χ1n) is 10.0. The second-order valence-corrected chi connectivity index (χ2v) is 8.04. The van der Waals surface area contributed by atoms with Crippen molar-refractivity contribution < 1.29 is 9.53 Å². The number of aromatic nitrogens is 1. The summed E-state index contributed by atoms with van der Waals surface area (Å²) >= 11 is 0. The molecular weight excluding hydrogens is 328 g/mol. The van der Waals surface area contributed by atoms with Gasteiger partial charge in [0.25, 0.3) is 0 Å². The highest BCUT2D eigenvalue weighted by atomic mass is 16.5. The third kappa shape index (κ3) is 3.86. The number of anilines is 1. The summed E-state index contributed by atoms with van der Waals surface area (Å²) in [5.41, 5.74) is 7.38. The standard InChI is InChI=1S/C20H30N4O2/c21-19-15-2-1-3-16(19)11-17(10-15)20(25)23-13-14-4-5-18(22-12-14)24-6-8-26-9-7-24/h4-5,12,15-17,19H,1-3,6-11,13,21H2,(H,23,25). The van der Waals surface area contributed by atoms with Crippen molar-refractivity contribution in [3.8, 4) is 0 Å². The van der Waals surface area contributed by atoms with Crippen LogP contribution in [-0.4, -0.2) is 43.2 Å². The smallest absolute Gasteiger partial charge is 0.223 e. The number of hydrogen-bond acceptors (Lipinski definition) is 5. The monoisotopic (exact) mass is 358 g/mol. The molecule has 2 aliphatic carbocycles. The van der Waals surface area contributed by atoms with E-state index in [2.05, 4.69) is 21.3 Å². The van der Waals surface area contributed by atoms with E-state index in [0.717, 1.165) is 50.5 Å². The summed E-state index contributed by atoms with van der Waals surface area (Å²) in [6.07, 6.45) is 7.44. The summed E-state index contributed by atoms with van der Waals surface area (Å²) in [5, 5.41) is 3.12. The minimum atomic E-state index is 0.130. The first kappa shape index (κ1) is 17.7. The maximum atomic E-state index is 12.6. The molecule has 26 heavy (non-hydrogen) atoms. The number of morpholine rings is 1. The molecule has 1 aromatic heterocycles. The molecule has 3 fully saturated rings. The van der Waals surface area contributed by atoms with Gasteiger partial charge in [-0.15, -0.1) is 0 Å². The molecule has 3 N–H and O–H groups in total. The van der Waals surface area contributed by atoms with Gasteiger partial charge in [0.1, 0.15) is 5.82 Å². The topological polar surface area (TPSA) is 80.5 Å². The van der Waals surface area contributed by atoms with Crippen LogP contribution in [0.2, 0.25) is 0 Å². The van der Waals surface area contributed by atoms with Crippen LogP contribution < -0.4 is 16.0 Å². The number of nitrogens with zero attached hydrogens (tertiary/aromatic N) is 2. The lowest BCUT2D eigenvalue weighted by molar-refractivity contribution is -0.128. The van der Waals surface area contributed by atoms with Gasteiger partial charge in [0.2, 0.25) is 5.91 Å². The Morgan fingerprint density at radius 3 is 2.62 bits per heavy atom. The van der Waals surface area contributed by atoms with Crippen LogP contribution in [-0.2, 0) is 16.1 Å². The van der Waals surface area contributed by atoms with E-state index in [9.17, 15) is 4.79 Å². The van der Waals surface area contributed by atoms with Crippen LogP contribution >= 0.6 is 0 Å². The van der Waals surface area contributed by atoms with Crippen LogP contribution in [0.4, 0.5) is 5.82 Å². The number of nitrogens with two attached hydrogens (primary N) is 1. The van der Waals surface area contributed by atoms with Crippen LogP contribution in [0, 0.1) is 17.8 Å². The van der Waals surface area contributed by atoms with Crippen LogP contribution in [0.25, 0.3) is 0 Å². The van der Waals surface area contributed by atoms with Crippen molar-refractivity contribution >= 4 is 11.7 Å². The summed E-state index contributed by atoms with van der Waals surface area (Å²) in [5.74, 6) is 2.37. The molecule has 142 valence electrons. The molecule has 6 nitrogen and oxygen atoms in total. The van der Waals surface area contributed by atoms with E-state index in [1.54, 1.807) is 0 Å². The van der Waals surface area contributed by atoms with Gasteiger partial charge in [-0.1, -0.05) is 12.5 Å². The highest BCUT2D eigenvalue weighted by Gasteiger charge is 2.40. The fourth-order valence-corrected chi connectivity index (χ4v) is 4.84. The highest BCUT2D eigenvalue weighted by molar-refractivity contribution is 5.78. The Labute approximate surface area is 155 Å². The molecule has 1 aliphatic heterocycles. The van der Waals surface area contributed by atoms with E-state index in [1.165, 1.54) is 19.3 Å². The van der Waals surface area contributed by atoms with Crippen molar-refractivity contribution in [3.05, 3.63) is 23.9 Å². The average molecular weight is 358 g/mol. The number of rotatable bonds is 4. The van der Waals surface area contributed by atoms with Gasteiger partial charge in [-0.05, 0) is 49.1 Å². The Morgan fingerprint density at radius 2 is 1.96 bits per heavy atom. The van der Waals surface area contributed by atoms with Gasteiger partial charge in [-0.3, -0.25) is 4.79 Å². The number of ether oxygens (including phenoxy) is 1. The molecule has 1 saturated heterocycles. The molecule has 0 radical (unpaired) electrons. The van der Waals surface area contributed by atoms with E-state index in [0.29, 0.717) is 24.4 Å². The predicted molar refractivity (Wildman–Crippen MR) is 101 cm³/mol. The molecule has 2 atom stereocenters. The Balaban J connectivity index is 1.29. The van der Waals surface area contributed by atoms with Crippen molar-refractivity contribution in [2.45, 2.75) is 44.7 Å². The Morgan fingerprint density at radius 1 is 1.23 bits per heavy atom. The van der Waals surface area contributed by atoms with Gasteiger partial charge < -0.3 is 20.7 Å². The first-order chi connectivity index (χ1) is 12.7. The summed E-state index contributed by atoms with van der Waals surface area (Å²) in [6.45, 7) is 3.83. The Hall–Kier alpha value is -1.66. The molecule has 2 heterocycles. The maximum absolute atomic E-state index is 12.6. The van der Waals surface area contributed by atoms with Crippen molar-refractivity contribution in [3.63, 3.8) is 0 Å². The maximum Gasteiger partial charge on any atom is 0.223 e. The quantitative estimate of drug-likeness (QED) is 0.856. The normalized spacial score (nSPS) is 31.5. The Bertz CT molecular complexity index is 601. The number of fused-ring (bicyclic) bond motifs is 2. The lowest BCUT2D eigenvalue weighted by Gasteiger charge is -2.43. The van der Waals surface area contributed by atoms with E-state index in [-0.39, 0.29) is 11.8 Å². The zero-order valence-corrected chi connectivity index (χ0v) is 15.4. The van der Waals surface area contributed by atoms with Crippen molar-refractivity contribution in [1.29, 1.82) is 0 Å². The van der Waals surface area contributed by atoms with Gasteiger partial charge >= 0.3 is 0 Å². The third-order valence-electron chi connectivity index (χ3n) is 6.39. The number of carbonyl (C=O) groups excluding carboxylic acids is 1. The van der Waals surface area contributed by atoms with Crippen LogP contribution in [0.5, 0.6) is 0 Å². The summed E-state index contributed by atoms with van der Waals surface area (Å²) in [7, 11) is 0. The largest absolute Gasteiger partial charge is 0.378 e. The molecule has 1 aromatic rings. The summed E-state index contributed by atoms with van der Waals surface area (Å²) < 4.78 is 5.38. The van der Waals surface area contributed by atoms with Crippen molar-refractivity contribution in [1.82, 2.24) is 10.3 Å². The zero-order valence-electron chi connectivity index (χ0n) is 15.4. The first-order valence-corrected chi connectivity index (χ1v) is 10.0. The average Bonchev–Trinajstić information content (AvgIpc) is 2.67. The van der Waals surface area contributed by atoms with E-state index in [1.807, 2.05) is 12.3 Å². The number of pyridine rings is 1. The number of hydrogen-bond donors (Lipinski definition) is 2. The van der Waals surface area contributed by atoms with E-state index < -0.39 is 0 Å². The molecule has 4 rings (SSSR count). The van der Waals surface area contributed by atoms with Crippen LogP contribution in [0.1, 0.15) is 37.7 Å². The number of carbonyl (C=O) groups is 1. The van der Waals surface area contributed by atoms with Gasteiger partial charge in [0.15, 0.2) is 0 Å². The van der Waals surface area contributed by atoms with E-state index in [4.69, 9.17) is 10.5 Å². The highest BCUT2D eigenvalue weighted by Crippen LogP contribution is 2.41. The molecule has 0 aromatic carbocycles. The zero-order chi connectivity index (χ0) is 17.9. The molecule has 1 amide bonds. The minimum absolute atomic E-state index is 0.130. The number of nitrogens with one attached hydrogen (secondary N) is 1. The van der Waals surface area contributed by atoms with Crippen molar-refractivity contribution in [2.24, 2.45) is 23.5 Å². The van der Waals surface area contributed by atoms with Crippen LogP contribution in [0.3, 0.4) is 0 Å². The predicted octanol–water partition coefficient (Wildman–Crippen LogP) is 1.69. The number of amides is 1. The Kier molecular flexibility index (Phi) is 5.41. The van der Waals surface area contributed by atoms with E-state index >= 15 is 0 Å². The molecule has 0 spiro atoms. The second-order valence-electron chi connectivity index (χ2n) is 8.04. The second kappa shape index (κ2) is 7.92.